The van der Waals surface area contributed by atoms with Crippen molar-refractivity contribution in [2.45, 2.75) is 20.4 Å². The SMILES string of the molecule is Cc1ccn(Cc2cc(Br)ccc2C)n1. The fraction of sp³-hybridized carbons (Fsp3) is 0.250. The molecule has 1 heterocycles. The molecule has 0 atom stereocenters. The minimum atomic E-state index is 0.832. The van der Waals surface area contributed by atoms with Crippen molar-refractivity contribution in [1.82, 2.24) is 9.78 Å². The first-order valence-corrected chi connectivity index (χ1v) is 5.69. The molecule has 0 fully saturated rings. The van der Waals surface area contributed by atoms with E-state index in [1.807, 2.05) is 23.9 Å². The van der Waals surface area contributed by atoms with Crippen LogP contribution in [-0.4, -0.2) is 9.78 Å². The number of rotatable bonds is 2. The van der Waals surface area contributed by atoms with Crippen molar-refractivity contribution >= 4 is 15.9 Å². The van der Waals surface area contributed by atoms with Gasteiger partial charge in [0, 0.05) is 10.7 Å². The van der Waals surface area contributed by atoms with Gasteiger partial charge >= 0.3 is 0 Å². The number of aromatic nitrogens is 2. The quantitative estimate of drug-likeness (QED) is 0.814. The van der Waals surface area contributed by atoms with Gasteiger partial charge in [0.05, 0.1) is 12.2 Å². The smallest absolute Gasteiger partial charge is 0.0662 e. The van der Waals surface area contributed by atoms with Gasteiger partial charge in [-0.05, 0) is 43.2 Å². The highest BCUT2D eigenvalue weighted by Crippen LogP contribution is 2.16. The molecule has 1 aromatic carbocycles. The molecule has 0 aliphatic rings. The highest BCUT2D eigenvalue weighted by molar-refractivity contribution is 9.10. The van der Waals surface area contributed by atoms with Crippen LogP contribution in [0.25, 0.3) is 0 Å². The summed E-state index contributed by atoms with van der Waals surface area (Å²) in [4.78, 5) is 0. The van der Waals surface area contributed by atoms with Crippen LogP contribution in [0, 0.1) is 13.8 Å². The number of nitrogens with zero attached hydrogens (tertiary/aromatic N) is 2. The lowest BCUT2D eigenvalue weighted by atomic mass is 10.1. The average molecular weight is 265 g/mol. The van der Waals surface area contributed by atoms with E-state index < -0.39 is 0 Å². The first kappa shape index (κ1) is 10.4. The van der Waals surface area contributed by atoms with Gasteiger partial charge in [-0.15, -0.1) is 0 Å². The summed E-state index contributed by atoms with van der Waals surface area (Å²) in [5.74, 6) is 0. The van der Waals surface area contributed by atoms with Crippen molar-refractivity contribution in [2.24, 2.45) is 0 Å². The van der Waals surface area contributed by atoms with Crippen molar-refractivity contribution in [3.8, 4) is 0 Å². The number of halogens is 1. The zero-order valence-electron chi connectivity index (χ0n) is 8.87. The molecule has 78 valence electrons. The minimum absolute atomic E-state index is 0.832. The van der Waals surface area contributed by atoms with E-state index >= 15 is 0 Å². The number of aryl methyl sites for hydroxylation is 2. The Morgan fingerprint density at radius 1 is 1.27 bits per heavy atom. The fourth-order valence-corrected chi connectivity index (χ4v) is 1.94. The Hall–Kier alpha value is -1.09. The monoisotopic (exact) mass is 264 g/mol. The largest absolute Gasteiger partial charge is 0.268 e. The first-order chi connectivity index (χ1) is 7.15. The third-order valence-corrected chi connectivity index (χ3v) is 2.91. The molecule has 0 saturated heterocycles. The summed E-state index contributed by atoms with van der Waals surface area (Å²) in [5.41, 5.74) is 3.65. The molecular weight excluding hydrogens is 252 g/mol. The van der Waals surface area contributed by atoms with Crippen molar-refractivity contribution in [3.63, 3.8) is 0 Å². The van der Waals surface area contributed by atoms with Crippen LogP contribution in [-0.2, 0) is 6.54 Å². The summed E-state index contributed by atoms with van der Waals surface area (Å²) < 4.78 is 3.08. The predicted molar refractivity (Wildman–Crippen MR) is 64.9 cm³/mol. The van der Waals surface area contributed by atoms with Crippen LogP contribution in [0.3, 0.4) is 0 Å². The van der Waals surface area contributed by atoms with Crippen molar-refractivity contribution in [3.05, 3.63) is 51.8 Å². The average Bonchev–Trinajstić information content (AvgIpc) is 2.58. The summed E-state index contributed by atoms with van der Waals surface area (Å²) in [6.07, 6.45) is 2.01. The van der Waals surface area contributed by atoms with Gasteiger partial charge in [0.2, 0.25) is 0 Å². The lowest BCUT2D eigenvalue weighted by molar-refractivity contribution is 0.676. The Morgan fingerprint density at radius 3 is 2.73 bits per heavy atom. The maximum absolute atomic E-state index is 4.38. The van der Waals surface area contributed by atoms with Crippen LogP contribution in [0.1, 0.15) is 16.8 Å². The highest BCUT2D eigenvalue weighted by Gasteiger charge is 2.01. The van der Waals surface area contributed by atoms with Crippen LogP contribution < -0.4 is 0 Å². The van der Waals surface area contributed by atoms with Gasteiger partial charge in [0.25, 0.3) is 0 Å². The molecule has 0 N–H and O–H groups in total. The molecule has 0 radical (unpaired) electrons. The lowest BCUT2D eigenvalue weighted by Gasteiger charge is -2.06. The molecule has 0 spiro atoms. The fourth-order valence-electron chi connectivity index (χ4n) is 1.54. The lowest BCUT2D eigenvalue weighted by Crippen LogP contribution is -2.02. The third-order valence-electron chi connectivity index (χ3n) is 2.42. The normalized spacial score (nSPS) is 10.6. The van der Waals surface area contributed by atoms with Crippen LogP contribution in [0.4, 0.5) is 0 Å². The molecule has 15 heavy (non-hydrogen) atoms. The van der Waals surface area contributed by atoms with Crippen LogP contribution in [0.5, 0.6) is 0 Å². The van der Waals surface area contributed by atoms with E-state index in [2.05, 4.69) is 46.2 Å². The molecule has 0 aliphatic heterocycles. The Labute approximate surface area is 98.1 Å². The summed E-state index contributed by atoms with van der Waals surface area (Å²) in [5, 5.41) is 4.38. The molecule has 2 nitrogen and oxygen atoms in total. The molecule has 0 unspecified atom stereocenters. The predicted octanol–water partition coefficient (Wildman–Crippen LogP) is 3.31. The zero-order valence-corrected chi connectivity index (χ0v) is 10.5. The summed E-state index contributed by atoms with van der Waals surface area (Å²) in [6, 6.07) is 8.35. The molecule has 0 saturated carbocycles. The Morgan fingerprint density at radius 2 is 2.07 bits per heavy atom. The molecular formula is C12H13BrN2. The van der Waals surface area contributed by atoms with E-state index in [9.17, 15) is 0 Å². The second-order valence-electron chi connectivity index (χ2n) is 3.73. The Bertz CT molecular complexity index is 474. The van der Waals surface area contributed by atoms with E-state index in [1.165, 1.54) is 11.1 Å². The Kier molecular flexibility index (Phi) is 2.91. The van der Waals surface area contributed by atoms with Gasteiger partial charge < -0.3 is 0 Å². The van der Waals surface area contributed by atoms with Crippen LogP contribution >= 0.6 is 15.9 Å². The molecule has 2 rings (SSSR count). The van der Waals surface area contributed by atoms with E-state index in [4.69, 9.17) is 0 Å². The van der Waals surface area contributed by atoms with Gasteiger partial charge in [-0.2, -0.15) is 5.10 Å². The standard InChI is InChI=1S/C12H13BrN2/c1-9-3-4-12(13)7-11(9)8-15-6-5-10(2)14-15/h3-7H,8H2,1-2H3. The number of benzene rings is 1. The molecule has 1 aromatic heterocycles. The van der Waals surface area contributed by atoms with Crippen molar-refractivity contribution in [1.29, 1.82) is 0 Å². The maximum Gasteiger partial charge on any atom is 0.0662 e. The number of hydrogen-bond donors (Lipinski definition) is 0. The Balaban J connectivity index is 2.27. The minimum Gasteiger partial charge on any atom is -0.268 e. The summed E-state index contributed by atoms with van der Waals surface area (Å²) in [7, 11) is 0. The van der Waals surface area contributed by atoms with Gasteiger partial charge in [0.15, 0.2) is 0 Å². The van der Waals surface area contributed by atoms with Crippen LogP contribution in [0.15, 0.2) is 34.9 Å². The second-order valence-corrected chi connectivity index (χ2v) is 4.64. The van der Waals surface area contributed by atoms with Gasteiger partial charge in [-0.1, -0.05) is 22.0 Å². The van der Waals surface area contributed by atoms with Gasteiger partial charge in [-0.3, -0.25) is 4.68 Å². The maximum atomic E-state index is 4.38. The molecule has 2 aromatic rings. The van der Waals surface area contributed by atoms with E-state index in [0.29, 0.717) is 0 Å². The first-order valence-electron chi connectivity index (χ1n) is 4.90. The molecule has 0 bridgehead atoms. The van der Waals surface area contributed by atoms with Gasteiger partial charge in [-0.25, -0.2) is 0 Å². The van der Waals surface area contributed by atoms with E-state index in [0.717, 1.165) is 16.7 Å². The third kappa shape index (κ3) is 2.48. The second kappa shape index (κ2) is 4.19. The molecule has 0 amide bonds. The van der Waals surface area contributed by atoms with Crippen molar-refractivity contribution < 1.29 is 0 Å². The highest BCUT2D eigenvalue weighted by atomic mass is 79.9. The molecule has 3 heteroatoms. The summed E-state index contributed by atoms with van der Waals surface area (Å²) >= 11 is 3.49. The van der Waals surface area contributed by atoms with Crippen molar-refractivity contribution in [2.75, 3.05) is 0 Å². The number of hydrogen-bond acceptors (Lipinski definition) is 1. The zero-order chi connectivity index (χ0) is 10.8. The topological polar surface area (TPSA) is 17.8 Å². The van der Waals surface area contributed by atoms with Gasteiger partial charge in [0.1, 0.15) is 0 Å². The van der Waals surface area contributed by atoms with Crippen LogP contribution in [0.2, 0.25) is 0 Å². The molecule has 0 aliphatic carbocycles. The van der Waals surface area contributed by atoms with E-state index in [1.54, 1.807) is 0 Å². The summed E-state index contributed by atoms with van der Waals surface area (Å²) in [6.45, 7) is 4.96. The van der Waals surface area contributed by atoms with E-state index in [-0.39, 0.29) is 0 Å².